The highest BCUT2D eigenvalue weighted by Crippen LogP contribution is 2.44. The molecule has 0 spiro atoms. The molecule has 0 bridgehead atoms. The van der Waals surface area contributed by atoms with Crippen LogP contribution in [0.3, 0.4) is 0 Å². The molecule has 17 heavy (non-hydrogen) atoms. The minimum absolute atomic E-state index is 0.0191. The Morgan fingerprint density at radius 1 is 1.59 bits per heavy atom. The Hall–Kier alpha value is -1.29. The number of amides is 1. The molecule has 1 saturated carbocycles. The zero-order valence-electron chi connectivity index (χ0n) is 10.5. The van der Waals surface area contributed by atoms with E-state index < -0.39 is 0 Å². The van der Waals surface area contributed by atoms with Crippen LogP contribution in [0.5, 0.6) is 0 Å². The topological polar surface area (TPSA) is 54.3 Å². The number of nitrogens with one attached hydrogen (secondary N) is 2. The van der Waals surface area contributed by atoms with Crippen molar-refractivity contribution >= 4 is 5.91 Å². The third-order valence-corrected chi connectivity index (χ3v) is 3.35. The Kier molecular flexibility index (Phi) is 3.52. The van der Waals surface area contributed by atoms with Crippen molar-refractivity contribution < 1.29 is 9.21 Å². The smallest absolute Gasteiger partial charge is 0.237 e. The highest BCUT2D eigenvalue weighted by molar-refractivity contribution is 5.81. The highest BCUT2D eigenvalue weighted by atomic mass is 16.3. The second-order valence-corrected chi connectivity index (χ2v) is 5.21. The summed E-state index contributed by atoms with van der Waals surface area (Å²) in [5.41, 5.74) is 0.426. The van der Waals surface area contributed by atoms with E-state index in [-0.39, 0.29) is 11.9 Å². The molecule has 0 aromatic carbocycles. The maximum atomic E-state index is 11.8. The molecule has 1 atom stereocenters. The molecule has 94 valence electrons. The van der Waals surface area contributed by atoms with Crippen LogP contribution in [-0.4, -0.2) is 18.5 Å². The molecule has 1 aromatic rings. The molecule has 1 heterocycles. The first-order chi connectivity index (χ1) is 8.09. The molecular formula is C13H20N2O2. The van der Waals surface area contributed by atoms with Crippen molar-refractivity contribution in [1.29, 1.82) is 0 Å². The van der Waals surface area contributed by atoms with E-state index in [1.807, 2.05) is 19.1 Å². The lowest BCUT2D eigenvalue weighted by Crippen LogP contribution is -2.43. The molecular weight excluding hydrogens is 216 g/mol. The van der Waals surface area contributed by atoms with Gasteiger partial charge in [0.05, 0.1) is 18.8 Å². The van der Waals surface area contributed by atoms with Crippen LogP contribution in [0.1, 0.15) is 32.4 Å². The predicted octanol–water partition coefficient (Wildman–Crippen LogP) is 1.67. The number of furan rings is 1. The summed E-state index contributed by atoms with van der Waals surface area (Å²) in [5.74, 6) is 0.797. The third-order valence-electron chi connectivity index (χ3n) is 3.35. The summed E-state index contributed by atoms with van der Waals surface area (Å²) in [6, 6.07) is 3.52. The van der Waals surface area contributed by atoms with Crippen molar-refractivity contribution in [3.05, 3.63) is 24.2 Å². The zero-order valence-corrected chi connectivity index (χ0v) is 10.5. The van der Waals surface area contributed by atoms with Gasteiger partial charge in [-0.25, -0.2) is 0 Å². The third kappa shape index (κ3) is 3.60. The molecule has 1 aromatic heterocycles. The average Bonchev–Trinajstić information content (AvgIpc) is 2.84. The van der Waals surface area contributed by atoms with Gasteiger partial charge < -0.3 is 15.1 Å². The SMILES string of the molecule is CC(NCC1(C)CC1)C(=O)NCc1ccco1. The van der Waals surface area contributed by atoms with Crippen LogP contribution in [0, 0.1) is 5.41 Å². The minimum atomic E-state index is -0.151. The fourth-order valence-corrected chi connectivity index (χ4v) is 1.62. The van der Waals surface area contributed by atoms with Gasteiger partial charge in [-0.05, 0) is 37.3 Å². The molecule has 2 rings (SSSR count). The highest BCUT2D eigenvalue weighted by Gasteiger charge is 2.37. The van der Waals surface area contributed by atoms with Gasteiger partial charge in [0.2, 0.25) is 5.91 Å². The Bertz CT molecular complexity index is 369. The molecule has 4 heteroatoms. The first-order valence-electron chi connectivity index (χ1n) is 6.13. The van der Waals surface area contributed by atoms with Crippen molar-refractivity contribution in [2.45, 2.75) is 39.3 Å². The van der Waals surface area contributed by atoms with Crippen LogP contribution in [0.25, 0.3) is 0 Å². The van der Waals surface area contributed by atoms with Gasteiger partial charge in [-0.3, -0.25) is 4.79 Å². The molecule has 1 fully saturated rings. The lowest BCUT2D eigenvalue weighted by Gasteiger charge is -2.16. The Labute approximate surface area is 102 Å². The lowest BCUT2D eigenvalue weighted by molar-refractivity contribution is -0.123. The molecule has 4 nitrogen and oxygen atoms in total. The van der Waals surface area contributed by atoms with Crippen LogP contribution in [0.15, 0.2) is 22.8 Å². The number of hydrogen-bond acceptors (Lipinski definition) is 3. The van der Waals surface area contributed by atoms with Gasteiger partial charge in [-0.1, -0.05) is 6.92 Å². The van der Waals surface area contributed by atoms with E-state index in [9.17, 15) is 4.79 Å². The Morgan fingerprint density at radius 2 is 2.35 bits per heavy atom. The average molecular weight is 236 g/mol. The van der Waals surface area contributed by atoms with Gasteiger partial charge in [-0.15, -0.1) is 0 Å². The van der Waals surface area contributed by atoms with E-state index in [4.69, 9.17) is 4.42 Å². The Balaban J connectivity index is 1.67. The van der Waals surface area contributed by atoms with Crippen molar-refractivity contribution in [3.8, 4) is 0 Å². The van der Waals surface area contributed by atoms with Crippen LogP contribution in [0.4, 0.5) is 0 Å². The van der Waals surface area contributed by atoms with Crippen molar-refractivity contribution in [2.75, 3.05) is 6.54 Å². The van der Waals surface area contributed by atoms with Crippen molar-refractivity contribution in [3.63, 3.8) is 0 Å². The summed E-state index contributed by atoms with van der Waals surface area (Å²) in [7, 11) is 0. The molecule has 1 aliphatic carbocycles. The van der Waals surface area contributed by atoms with E-state index >= 15 is 0 Å². The zero-order chi connectivity index (χ0) is 12.3. The van der Waals surface area contributed by atoms with Crippen molar-refractivity contribution in [2.24, 2.45) is 5.41 Å². The predicted molar refractivity (Wildman–Crippen MR) is 65.4 cm³/mol. The molecule has 1 unspecified atom stereocenters. The summed E-state index contributed by atoms with van der Waals surface area (Å²) in [6.07, 6.45) is 4.14. The normalized spacial score (nSPS) is 18.7. The molecule has 1 aliphatic rings. The van der Waals surface area contributed by atoms with E-state index in [0.29, 0.717) is 12.0 Å². The number of carbonyl (C=O) groups is 1. The van der Waals surface area contributed by atoms with E-state index in [1.165, 1.54) is 12.8 Å². The van der Waals surface area contributed by atoms with E-state index in [0.717, 1.165) is 12.3 Å². The first-order valence-corrected chi connectivity index (χ1v) is 6.13. The first kappa shape index (κ1) is 12.2. The quantitative estimate of drug-likeness (QED) is 0.790. The molecule has 0 saturated heterocycles. The summed E-state index contributed by atoms with van der Waals surface area (Å²) < 4.78 is 5.15. The fourth-order valence-electron chi connectivity index (χ4n) is 1.62. The fraction of sp³-hybridized carbons (Fsp3) is 0.615. The van der Waals surface area contributed by atoms with E-state index in [2.05, 4.69) is 17.6 Å². The van der Waals surface area contributed by atoms with Gasteiger partial charge in [0, 0.05) is 6.54 Å². The summed E-state index contributed by atoms with van der Waals surface area (Å²) >= 11 is 0. The molecule has 0 aliphatic heterocycles. The maximum Gasteiger partial charge on any atom is 0.237 e. The van der Waals surface area contributed by atoms with Gasteiger partial charge in [0.15, 0.2) is 0 Å². The number of rotatable bonds is 6. The van der Waals surface area contributed by atoms with Gasteiger partial charge in [-0.2, -0.15) is 0 Å². The van der Waals surface area contributed by atoms with Crippen LogP contribution in [-0.2, 0) is 11.3 Å². The molecule has 2 N–H and O–H groups in total. The molecule has 0 radical (unpaired) electrons. The maximum absolute atomic E-state index is 11.8. The van der Waals surface area contributed by atoms with Crippen LogP contribution >= 0.6 is 0 Å². The lowest BCUT2D eigenvalue weighted by atomic mass is 10.1. The second-order valence-electron chi connectivity index (χ2n) is 5.21. The van der Waals surface area contributed by atoms with E-state index in [1.54, 1.807) is 6.26 Å². The van der Waals surface area contributed by atoms with Gasteiger partial charge in [0.25, 0.3) is 0 Å². The van der Waals surface area contributed by atoms with Gasteiger partial charge >= 0.3 is 0 Å². The summed E-state index contributed by atoms with van der Waals surface area (Å²) in [5, 5.41) is 6.12. The Morgan fingerprint density at radius 3 is 2.94 bits per heavy atom. The monoisotopic (exact) mass is 236 g/mol. The van der Waals surface area contributed by atoms with Crippen LogP contribution in [0.2, 0.25) is 0 Å². The number of hydrogen-bond donors (Lipinski definition) is 2. The summed E-state index contributed by atoms with van der Waals surface area (Å²) in [6.45, 7) is 5.51. The summed E-state index contributed by atoms with van der Waals surface area (Å²) in [4.78, 5) is 11.8. The second kappa shape index (κ2) is 4.92. The molecule has 1 amide bonds. The van der Waals surface area contributed by atoms with Crippen LogP contribution < -0.4 is 10.6 Å². The standard InChI is InChI=1S/C13H20N2O2/c1-10(15-9-13(2)5-6-13)12(16)14-8-11-4-3-7-17-11/h3-4,7,10,15H,5-6,8-9H2,1-2H3,(H,14,16). The largest absolute Gasteiger partial charge is 0.467 e. The number of carbonyl (C=O) groups excluding carboxylic acids is 1. The minimum Gasteiger partial charge on any atom is -0.467 e. The van der Waals surface area contributed by atoms with Crippen molar-refractivity contribution in [1.82, 2.24) is 10.6 Å². The van der Waals surface area contributed by atoms with Gasteiger partial charge in [0.1, 0.15) is 5.76 Å².